The molecule has 0 aliphatic carbocycles. The number of nitrogens with zero attached hydrogens (tertiary/aromatic N) is 1. The maximum absolute atomic E-state index is 8.97. The highest BCUT2D eigenvalue weighted by Gasteiger charge is 1.61. The van der Waals surface area contributed by atoms with Gasteiger partial charge in [0, 0.05) is 0 Å². The summed E-state index contributed by atoms with van der Waals surface area (Å²) in [6.45, 7) is 5.85. The lowest BCUT2D eigenvalue weighted by molar-refractivity contribution is -0.124. The molecule has 0 radical (unpaired) electrons. The predicted octanol–water partition coefficient (Wildman–Crippen LogP) is -0.00631. The molecule has 0 atom stereocenters. The van der Waals surface area contributed by atoms with Crippen molar-refractivity contribution in [2.45, 2.75) is 0 Å². The zero-order chi connectivity index (χ0) is 4.12. The molecule has 0 rings (SSSR count). The first kappa shape index (κ1) is 3.96. The smallest absolute Gasteiger partial charge is 0.247 e. The second-order valence-electron chi connectivity index (χ2n) is 0.293. The standard InChI is InChI=1S/C2HNO2/c1-3-5-2-4/h2H. The van der Waals surface area contributed by atoms with Crippen LogP contribution in [-0.4, -0.2) is 6.47 Å². The van der Waals surface area contributed by atoms with Crippen LogP contribution in [0.3, 0.4) is 0 Å². The van der Waals surface area contributed by atoms with E-state index in [1.165, 1.54) is 0 Å². The van der Waals surface area contributed by atoms with Gasteiger partial charge in [0.1, 0.15) is 0 Å². The van der Waals surface area contributed by atoms with Crippen LogP contribution in [0.5, 0.6) is 0 Å². The number of carbonyl (C=O) groups excluding carboxylic acids is 1. The van der Waals surface area contributed by atoms with Crippen LogP contribution in [0.2, 0.25) is 0 Å². The van der Waals surface area contributed by atoms with Crippen molar-refractivity contribution in [2.75, 3.05) is 0 Å². The van der Waals surface area contributed by atoms with Gasteiger partial charge < -0.3 is 0 Å². The molecule has 0 spiro atoms. The molecule has 26 valence electrons. The third kappa shape index (κ3) is 2.96. The molecule has 3 heteroatoms. The fourth-order valence-electron chi connectivity index (χ4n) is 0.0215. The third-order valence-electron chi connectivity index (χ3n) is 0.0957. The molecule has 0 heterocycles. The summed E-state index contributed by atoms with van der Waals surface area (Å²) in [6.07, 6.45) is 0. The number of hydrogen-bond acceptors (Lipinski definition) is 2. The molecule has 3 nitrogen and oxygen atoms in total. The average Bonchev–Trinajstić information content (AvgIpc) is 1.41. The van der Waals surface area contributed by atoms with Crippen molar-refractivity contribution in [3.8, 4) is 0 Å². The van der Waals surface area contributed by atoms with E-state index in [0.29, 0.717) is 0 Å². The lowest BCUT2D eigenvalue weighted by atomic mass is 11.6. The minimum absolute atomic E-state index is 0.0764. The highest BCUT2D eigenvalue weighted by atomic mass is 16.6. The summed E-state index contributed by atoms with van der Waals surface area (Å²) in [6, 6.07) is 0. The summed E-state index contributed by atoms with van der Waals surface area (Å²) in [7, 11) is 0. The van der Waals surface area contributed by atoms with Gasteiger partial charge in [0.15, 0.2) is 0 Å². The number of hydrogen-bond donors (Lipinski definition) is 0. The minimum Gasteiger partial charge on any atom is -0.247 e. The van der Waals surface area contributed by atoms with Gasteiger partial charge in [-0.05, 0) is 5.01 Å². The Morgan fingerprint density at radius 3 is 2.60 bits per heavy atom. The largest absolute Gasteiger partial charge is 0.384 e. The van der Waals surface area contributed by atoms with Crippen molar-refractivity contribution in [3.05, 3.63) is 11.6 Å². The quantitative estimate of drug-likeness (QED) is 0.247. The first-order valence-electron chi connectivity index (χ1n) is 0.878. The van der Waals surface area contributed by atoms with E-state index < -0.39 is 0 Å². The molecule has 0 aliphatic rings. The van der Waals surface area contributed by atoms with Gasteiger partial charge in [-0.1, -0.05) is 0 Å². The minimum atomic E-state index is 0.0764. The van der Waals surface area contributed by atoms with Crippen LogP contribution >= 0.6 is 0 Å². The van der Waals surface area contributed by atoms with Gasteiger partial charge in [-0.15, -0.1) is 4.84 Å². The van der Waals surface area contributed by atoms with E-state index in [2.05, 4.69) is 9.85 Å². The van der Waals surface area contributed by atoms with Gasteiger partial charge in [-0.2, -0.15) is 6.57 Å². The molecule has 0 amide bonds. The van der Waals surface area contributed by atoms with Crippen LogP contribution in [-0.2, 0) is 9.63 Å². The van der Waals surface area contributed by atoms with E-state index in [-0.39, 0.29) is 6.47 Å². The zero-order valence-corrected chi connectivity index (χ0v) is 2.34. The van der Waals surface area contributed by atoms with Crippen molar-refractivity contribution in [1.82, 2.24) is 0 Å². The van der Waals surface area contributed by atoms with E-state index in [4.69, 9.17) is 11.4 Å². The van der Waals surface area contributed by atoms with Gasteiger partial charge in [-0.25, -0.2) is 4.79 Å². The topological polar surface area (TPSA) is 30.7 Å². The van der Waals surface area contributed by atoms with E-state index >= 15 is 0 Å². The Balaban J connectivity index is 2.75. The van der Waals surface area contributed by atoms with Crippen LogP contribution in [0.25, 0.3) is 5.01 Å². The summed E-state index contributed by atoms with van der Waals surface area (Å²) in [4.78, 5) is 12.4. The van der Waals surface area contributed by atoms with Crippen molar-refractivity contribution >= 4 is 6.47 Å². The van der Waals surface area contributed by atoms with Crippen molar-refractivity contribution in [1.29, 1.82) is 0 Å². The van der Waals surface area contributed by atoms with Crippen molar-refractivity contribution in [2.24, 2.45) is 0 Å². The monoisotopic (exact) mass is 71.0 g/mol. The predicted molar refractivity (Wildman–Crippen MR) is 13.8 cm³/mol. The fourth-order valence-corrected chi connectivity index (χ4v) is 0.0215. The lowest BCUT2D eigenvalue weighted by Crippen LogP contribution is -1.63. The second kappa shape index (κ2) is 2.96. The third-order valence-corrected chi connectivity index (χ3v) is 0.0957. The molecular weight excluding hydrogens is 70.0 g/mol. The maximum Gasteiger partial charge on any atom is 0.384 e. The van der Waals surface area contributed by atoms with E-state index in [0.717, 1.165) is 0 Å². The number of rotatable bonds is 1. The van der Waals surface area contributed by atoms with Crippen LogP contribution in [0.15, 0.2) is 0 Å². The Labute approximate surface area is 28.9 Å². The second-order valence-corrected chi connectivity index (χ2v) is 0.293. The van der Waals surface area contributed by atoms with Gasteiger partial charge in [0.2, 0.25) is 0 Å². The Hall–Kier alpha value is -1.04. The van der Waals surface area contributed by atoms with Crippen molar-refractivity contribution in [3.63, 3.8) is 0 Å². The summed E-state index contributed by atoms with van der Waals surface area (Å²) in [5.74, 6) is 0. The van der Waals surface area contributed by atoms with E-state index in [1.54, 1.807) is 0 Å². The molecule has 0 saturated carbocycles. The summed E-state index contributed by atoms with van der Waals surface area (Å²) >= 11 is 0. The first-order chi connectivity index (χ1) is 2.41. The highest BCUT2D eigenvalue weighted by Crippen LogP contribution is 1.55. The maximum atomic E-state index is 8.97. The molecule has 0 aromatic heterocycles. The number of carbonyl (C=O) groups is 1. The Morgan fingerprint density at radius 2 is 2.60 bits per heavy atom. The molecule has 0 unspecified atom stereocenters. The summed E-state index contributed by atoms with van der Waals surface area (Å²) < 4.78 is 0. The summed E-state index contributed by atoms with van der Waals surface area (Å²) in [5, 5.41) is 2.24. The molecule has 0 bridgehead atoms. The SMILES string of the molecule is [C-]#[N+]OC=O. The van der Waals surface area contributed by atoms with Gasteiger partial charge >= 0.3 is 6.47 Å². The van der Waals surface area contributed by atoms with E-state index in [1.807, 2.05) is 0 Å². The highest BCUT2D eigenvalue weighted by molar-refractivity contribution is 5.37. The van der Waals surface area contributed by atoms with Crippen LogP contribution in [0.1, 0.15) is 0 Å². The van der Waals surface area contributed by atoms with Gasteiger partial charge in [0.25, 0.3) is 0 Å². The molecule has 0 aromatic rings. The normalized spacial score (nSPS) is 4.60. The molecule has 0 N–H and O–H groups in total. The molecule has 0 saturated heterocycles. The average molecular weight is 71.0 g/mol. The summed E-state index contributed by atoms with van der Waals surface area (Å²) in [5.41, 5.74) is 0. The fraction of sp³-hybridized carbons (Fsp3) is 0. The Kier molecular flexibility index (Phi) is 2.34. The molecule has 0 aromatic carbocycles. The van der Waals surface area contributed by atoms with Crippen LogP contribution in [0.4, 0.5) is 0 Å². The Morgan fingerprint density at radius 1 is 2.00 bits per heavy atom. The van der Waals surface area contributed by atoms with Crippen molar-refractivity contribution < 1.29 is 9.63 Å². The van der Waals surface area contributed by atoms with Gasteiger partial charge in [-0.3, -0.25) is 0 Å². The lowest BCUT2D eigenvalue weighted by Gasteiger charge is -1.55. The zero-order valence-electron chi connectivity index (χ0n) is 2.34. The molecule has 5 heavy (non-hydrogen) atoms. The molecule has 0 aliphatic heterocycles. The molecular formula is C2HNO2. The van der Waals surface area contributed by atoms with Crippen LogP contribution < -0.4 is 0 Å². The first-order valence-corrected chi connectivity index (χ1v) is 0.878. The van der Waals surface area contributed by atoms with Gasteiger partial charge in [0.05, 0.1) is 0 Å². The van der Waals surface area contributed by atoms with E-state index in [9.17, 15) is 0 Å². The van der Waals surface area contributed by atoms with Crippen LogP contribution in [0, 0.1) is 6.57 Å². The Bertz CT molecular complexity index is 62.5. The molecule has 0 fully saturated rings.